The Morgan fingerprint density at radius 3 is 2.37 bits per heavy atom. The fraction of sp³-hybridized carbons (Fsp3) is 0.176. The zero-order chi connectivity index (χ0) is 20.2. The number of hydrogen-bond acceptors (Lipinski definition) is 5. The van der Waals surface area contributed by atoms with E-state index in [1.807, 2.05) is 0 Å². The number of esters is 1. The number of amides is 1. The molecule has 0 aliphatic rings. The minimum Gasteiger partial charge on any atom is -0.465 e. The monoisotopic (exact) mass is 414 g/mol. The summed E-state index contributed by atoms with van der Waals surface area (Å²) in [5.41, 5.74) is 0.413. The van der Waals surface area contributed by atoms with Crippen LogP contribution < -0.4 is 9.62 Å². The van der Waals surface area contributed by atoms with Gasteiger partial charge in [-0.3, -0.25) is 9.10 Å². The Hall–Kier alpha value is -2.65. The highest BCUT2D eigenvalue weighted by Gasteiger charge is 2.21. The van der Waals surface area contributed by atoms with Crippen LogP contribution in [0.5, 0.6) is 0 Å². The van der Waals surface area contributed by atoms with E-state index in [-0.39, 0.29) is 22.0 Å². The lowest BCUT2D eigenvalue weighted by molar-refractivity contribution is -0.114. The molecule has 1 N–H and O–H groups in total. The van der Waals surface area contributed by atoms with Crippen LogP contribution in [0.25, 0.3) is 0 Å². The first-order valence-electron chi connectivity index (χ1n) is 7.53. The zero-order valence-corrected chi connectivity index (χ0v) is 16.0. The lowest BCUT2D eigenvalue weighted by Gasteiger charge is -2.22. The molecule has 2 aromatic rings. The Kier molecular flexibility index (Phi) is 6.40. The molecule has 10 heteroatoms. The highest BCUT2D eigenvalue weighted by molar-refractivity contribution is 7.92. The maximum absolute atomic E-state index is 13.1. The Morgan fingerprint density at radius 1 is 1.19 bits per heavy atom. The summed E-state index contributed by atoms with van der Waals surface area (Å²) in [6, 6.07) is 8.80. The van der Waals surface area contributed by atoms with E-state index < -0.39 is 34.3 Å². The van der Waals surface area contributed by atoms with Crippen molar-refractivity contribution in [1.82, 2.24) is 0 Å². The fourth-order valence-electron chi connectivity index (χ4n) is 2.19. The second kappa shape index (κ2) is 8.36. The summed E-state index contributed by atoms with van der Waals surface area (Å²) in [6.07, 6.45) is 0.925. The first-order valence-corrected chi connectivity index (χ1v) is 9.75. The van der Waals surface area contributed by atoms with Crippen molar-refractivity contribution in [2.24, 2.45) is 0 Å². The lowest BCUT2D eigenvalue weighted by atomic mass is 10.2. The quantitative estimate of drug-likeness (QED) is 0.733. The molecule has 0 aromatic heterocycles. The van der Waals surface area contributed by atoms with E-state index in [4.69, 9.17) is 11.6 Å². The number of halogens is 2. The summed E-state index contributed by atoms with van der Waals surface area (Å²) in [4.78, 5) is 23.9. The Morgan fingerprint density at radius 2 is 1.81 bits per heavy atom. The predicted molar refractivity (Wildman–Crippen MR) is 100 cm³/mol. The van der Waals surface area contributed by atoms with Crippen molar-refractivity contribution in [3.63, 3.8) is 0 Å². The summed E-state index contributed by atoms with van der Waals surface area (Å²) >= 11 is 6.01. The minimum absolute atomic E-state index is 0.122. The molecule has 0 saturated heterocycles. The van der Waals surface area contributed by atoms with Gasteiger partial charge in [-0.1, -0.05) is 11.6 Å². The van der Waals surface area contributed by atoms with E-state index in [9.17, 15) is 22.4 Å². The molecular formula is C17H16ClFN2O5S. The van der Waals surface area contributed by atoms with Gasteiger partial charge in [-0.25, -0.2) is 17.6 Å². The van der Waals surface area contributed by atoms with Crippen LogP contribution in [0.1, 0.15) is 10.4 Å². The fourth-order valence-corrected chi connectivity index (χ4v) is 3.21. The van der Waals surface area contributed by atoms with E-state index in [2.05, 4.69) is 10.1 Å². The van der Waals surface area contributed by atoms with Crippen LogP contribution in [0.4, 0.5) is 15.8 Å². The number of benzene rings is 2. The van der Waals surface area contributed by atoms with Crippen molar-refractivity contribution in [3.8, 4) is 0 Å². The molecule has 0 heterocycles. The molecule has 144 valence electrons. The van der Waals surface area contributed by atoms with E-state index >= 15 is 0 Å². The second-order valence-electron chi connectivity index (χ2n) is 5.48. The smallest absolute Gasteiger partial charge is 0.337 e. The third kappa shape index (κ3) is 5.41. The lowest BCUT2D eigenvalue weighted by Crippen LogP contribution is -2.37. The number of rotatable bonds is 6. The highest BCUT2D eigenvalue weighted by atomic mass is 35.5. The zero-order valence-electron chi connectivity index (χ0n) is 14.4. The van der Waals surface area contributed by atoms with E-state index in [1.54, 1.807) is 0 Å². The second-order valence-corrected chi connectivity index (χ2v) is 7.79. The number of ether oxygens (including phenoxy) is 1. The van der Waals surface area contributed by atoms with Gasteiger partial charge < -0.3 is 10.1 Å². The number of anilines is 2. The highest BCUT2D eigenvalue weighted by Crippen LogP contribution is 2.24. The van der Waals surface area contributed by atoms with E-state index in [0.29, 0.717) is 0 Å². The number of nitrogens with one attached hydrogen (secondary N) is 1. The molecule has 0 unspecified atom stereocenters. The standard InChI is InChI=1S/C17H16ClFN2O5S/c1-26-17(23)11-3-8-14(18)15(9-11)20-16(22)10-21(27(2,24)25)13-6-4-12(19)5-7-13/h3-9H,10H2,1-2H3,(H,20,22). The molecule has 7 nitrogen and oxygen atoms in total. The number of hydrogen-bond donors (Lipinski definition) is 1. The van der Waals surface area contributed by atoms with Crippen molar-refractivity contribution < 1.29 is 27.1 Å². The molecule has 27 heavy (non-hydrogen) atoms. The van der Waals surface area contributed by atoms with Crippen molar-refractivity contribution in [2.75, 3.05) is 29.5 Å². The van der Waals surface area contributed by atoms with Crippen molar-refractivity contribution >= 4 is 44.9 Å². The van der Waals surface area contributed by atoms with Gasteiger partial charge in [0.2, 0.25) is 15.9 Å². The third-order valence-corrected chi connectivity index (χ3v) is 4.93. The van der Waals surface area contributed by atoms with Gasteiger partial charge in [-0.15, -0.1) is 0 Å². The van der Waals surface area contributed by atoms with Gasteiger partial charge in [0, 0.05) is 0 Å². The van der Waals surface area contributed by atoms with Crippen LogP contribution in [0.15, 0.2) is 42.5 Å². The molecule has 0 spiro atoms. The maximum atomic E-state index is 13.1. The van der Waals surface area contributed by atoms with Crippen LogP contribution in [-0.4, -0.2) is 40.2 Å². The SMILES string of the molecule is COC(=O)c1ccc(Cl)c(NC(=O)CN(c2ccc(F)cc2)S(C)(=O)=O)c1. The van der Waals surface area contributed by atoms with Crippen molar-refractivity contribution in [1.29, 1.82) is 0 Å². The first kappa shape index (κ1) is 20.7. The molecule has 0 radical (unpaired) electrons. The van der Waals surface area contributed by atoms with Crippen LogP contribution in [-0.2, 0) is 19.6 Å². The average molecular weight is 415 g/mol. The molecule has 2 rings (SSSR count). The Labute approximate surface area is 160 Å². The summed E-state index contributed by atoms with van der Waals surface area (Å²) in [7, 11) is -2.60. The topological polar surface area (TPSA) is 92.8 Å². The van der Waals surface area contributed by atoms with E-state index in [1.165, 1.54) is 37.4 Å². The number of carbonyl (C=O) groups is 2. The molecule has 1 amide bonds. The number of nitrogens with zero attached hydrogens (tertiary/aromatic N) is 1. The van der Waals surface area contributed by atoms with Crippen LogP contribution in [0.2, 0.25) is 5.02 Å². The molecule has 0 bridgehead atoms. The molecule has 2 aromatic carbocycles. The van der Waals surface area contributed by atoms with Gasteiger partial charge in [-0.05, 0) is 42.5 Å². The molecular weight excluding hydrogens is 399 g/mol. The summed E-state index contributed by atoms with van der Waals surface area (Å²) < 4.78 is 42.5. The van der Waals surface area contributed by atoms with Crippen molar-refractivity contribution in [2.45, 2.75) is 0 Å². The largest absolute Gasteiger partial charge is 0.465 e. The summed E-state index contributed by atoms with van der Waals surface area (Å²) in [5.74, 6) is -1.86. The molecule has 0 atom stereocenters. The first-order chi connectivity index (χ1) is 12.6. The van der Waals surface area contributed by atoms with Gasteiger partial charge in [0.1, 0.15) is 12.4 Å². The van der Waals surface area contributed by atoms with Gasteiger partial charge >= 0.3 is 5.97 Å². The molecule has 0 saturated carbocycles. The number of sulfonamides is 1. The third-order valence-electron chi connectivity index (χ3n) is 3.46. The van der Waals surface area contributed by atoms with Gasteiger partial charge in [-0.2, -0.15) is 0 Å². The van der Waals surface area contributed by atoms with Crippen molar-refractivity contribution in [3.05, 3.63) is 58.9 Å². The van der Waals surface area contributed by atoms with Gasteiger partial charge in [0.05, 0.1) is 35.3 Å². The molecule has 0 fully saturated rings. The summed E-state index contributed by atoms with van der Waals surface area (Å²) in [5, 5.41) is 2.61. The molecule has 0 aliphatic carbocycles. The Balaban J connectivity index is 2.24. The van der Waals surface area contributed by atoms with Crippen LogP contribution in [0.3, 0.4) is 0 Å². The normalized spacial score (nSPS) is 11.0. The average Bonchev–Trinajstić information content (AvgIpc) is 2.61. The predicted octanol–water partition coefficient (Wildman–Crippen LogP) is 2.67. The van der Waals surface area contributed by atoms with Crippen LogP contribution in [0, 0.1) is 5.82 Å². The minimum atomic E-state index is -3.81. The van der Waals surface area contributed by atoms with Gasteiger partial charge in [0.15, 0.2) is 0 Å². The van der Waals surface area contributed by atoms with Crippen LogP contribution >= 0.6 is 11.6 Å². The maximum Gasteiger partial charge on any atom is 0.337 e. The number of carbonyl (C=O) groups excluding carboxylic acids is 2. The van der Waals surface area contributed by atoms with E-state index in [0.717, 1.165) is 22.7 Å². The summed E-state index contributed by atoms with van der Waals surface area (Å²) in [6.45, 7) is -0.566. The Bertz CT molecular complexity index is 964. The molecule has 0 aliphatic heterocycles. The van der Waals surface area contributed by atoms with Gasteiger partial charge in [0.25, 0.3) is 0 Å². The number of methoxy groups -OCH3 is 1.